The number of thiocarbonyl (C=S) groups is 1. The lowest BCUT2D eigenvalue weighted by Crippen LogP contribution is -2.51. The summed E-state index contributed by atoms with van der Waals surface area (Å²) in [7, 11) is -3.84. The van der Waals surface area contributed by atoms with E-state index in [1.54, 1.807) is 18.2 Å². The van der Waals surface area contributed by atoms with Crippen LogP contribution in [0.4, 0.5) is 0 Å². The molecule has 4 N–H and O–H groups in total. The average molecular weight is 377 g/mol. The van der Waals surface area contributed by atoms with E-state index in [0.29, 0.717) is 11.3 Å². The summed E-state index contributed by atoms with van der Waals surface area (Å²) in [6.07, 6.45) is 1.26. The van der Waals surface area contributed by atoms with Crippen LogP contribution in [0.1, 0.15) is 5.76 Å². The lowest BCUT2D eigenvalue weighted by molar-refractivity contribution is -0.123. The van der Waals surface area contributed by atoms with Crippen molar-refractivity contribution in [1.82, 2.24) is 10.6 Å². The lowest BCUT2D eigenvalue weighted by Gasteiger charge is -2.15. The zero-order valence-electron chi connectivity index (χ0n) is 12.5. The van der Waals surface area contributed by atoms with Crippen molar-refractivity contribution in [3.05, 3.63) is 47.7 Å². The molecule has 0 atom stereocenters. The van der Waals surface area contributed by atoms with Gasteiger partial charge in [-0.25, -0.2) is 13.6 Å². The normalized spacial score (nSPS) is 14.9. The molecule has 1 aliphatic heterocycles. The molecular weight excluding hydrogens is 366 g/mol. The summed E-state index contributed by atoms with van der Waals surface area (Å²) < 4.78 is 28.4. The zero-order chi connectivity index (χ0) is 18.2. The number of nitrogens with two attached hydrogens (primary N) is 1. The molecule has 1 aromatic heterocycles. The second kappa shape index (κ2) is 6.24. The molecule has 8 nitrogen and oxygen atoms in total. The fraction of sp³-hybridized carbons (Fsp3) is 0. The van der Waals surface area contributed by atoms with Crippen LogP contribution in [0, 0.1) is 0 Å². The van der Waals surface area contributed by atoms with Gasteiger partial charge in [-0.1, -0.05) is 12.1 Å². The molecule has 2 amide bonds. The predicted octanol–water partition coefficient (Wildman–Crippen LogP) is 0.508. The number of rotatable bonds is 3. The number of amides is 2. The maximum absolute atomic E-state index is 11.8. The summed E-state index contributed by atoms with van der Waals surface area (Å²) in [5, 5.41) is 9.67. The van der Waals surface area contributed by atoms with Crippen molar-refractivity contribution >= 4 is 45.2 Å². The van der Waals surface area contributed by atoms with E-state index in [4.69, 9.17) is 21.8 Å². The van der Waals surface area contributed by atoms with Gasteiger partial charge in [0.15, 0.2) is 5.11 Å². The topological polar surface area (TPSA) is 132 Å². The Balaban J connectivity index is 1.94. The third-order valence-electron chi connectivity index (χ3n) is 3.30. The molecule has 1 aliphatic rings. The van der Waals surface area contributed by atoms with Crippen LogP contribution in [-0.2, 0) is 19.6 Å². The average Bonchev–Trinajstić information content (AvgIpc) is 2.99. The first-order valence-electron chi connectivity index (χ1n) is 6.85. The Morgan fingerprint density at radius 2 is 1.76 bits per heavy atom. The molecule has 0 saturated carbocycles. The molecule has 0 radical (unpaired) electrons. The summed E-state index contributed by atoms with van der Waals surface area (Å²) >= 11 is 4.71. The first kappa shape index (κ1) is 17.0. The van der Waals surface area contributed by atoms with E-state index >= 15 is 0 Å². The van der Waals surface area contributed by atoms with Gasteiger partial charge < -0.3 is 4.42 Å². The molecule has 2 aromatic rings. The Labute approximate surface area is 147 Å². The Kier molecular flexibility index (Phi) is 4.25. The van der Waals surface area contributed by atoms with Crippen LogP contribution in [0.3, 0.4) is 0 Å². The van der Waals surface area contributed by atoms with Gasteiger partial charge in [-0.15, -0.1) is 0 Å². The van der Waals surface area contributed by atoms with Crippen LogP contribution in [0.25, 0.3) is 17.4 Å². The van der Waals surface area contributed by atoms with Crippen molar-refractivity contribution in [1.29, 1.82) is 0 Å². The molecule has 3 rings (SSSR count). The molecule has 0 bridgehead atoms. The van der Waals surface area contributed by atoms with E-state index in [1.165, 1.54) is 24.3 Å². The van der Waals surface area contributed by atoms with Crippen molar-refractivity contribution in [2.75, 3.05) is 0 Å². The summed E-state index contributed by atoms with van der Waals surface area (Å²) in [4.78, 5) is 23.5. The summed E-state index contributed by atoms with van der Waals surface area (Å²) in [5.41, 5.74) is 0.322. The van der Waals surface area contributed by atoms with Gasteiger partial charge in [0.2, 0.25) is 10.0 Å². The Bertz CT molecular complexity index is 1010. The number of hydrogen-bond acceptors (Lipinski definition) is 6. The minimum absolute atomic E-state index is 0.0548. The van der Waals surface area contributed by atoms with Gasteiger partial charge in [-0.3, -0.25) is 20.2 Å². The van der Waals surface area contributed by atoms with E-state index in [0.717, 1.165) is 0 Å². The molecule has 128 valence electrons. The van der Waals surface area contributed by atoms with Crippen LogP contribution in [0.15, 0.2) is 51.3 Å². The fourth-order valence-electron chi connectivity index (χ4n) is 2.16. The van der Waals surface area contributed by atoms with Crippen molar-refractivity contribution < 1.29 is 22.4 Å². The number of nitrogens with one attached hydrogen (secondary N) is 2. The molecule has 1 saturated heterocycles. The van der Waals surface area contributed by atoms with Gasteiger partial charge in [0.25, 0.3) is 11.8 Å². The Morgan fingerprint density at radius 1 is 1.08 bits per heavy atom. The number of carbonyl (C=O) groups excluding carboxylic acids is 2. The van der Waals surface area contributed by atoms with Crippen molar-refractivity contribution in [3.63, 3.8) is 0 Å². The SMILES string of the molecule is NS(=O)(=O)c1cccc(-c2ccc(C=C3C(=O)NC(=S)NC3=O)o2)c1. The summed E-state index contributed by atoms with van der Waals surface area (Å²) in [6, 6.07) is 9.02. The molecule has 0 unspecified atom stereocenters. The highest BCUT2D eigenvalue weighted by Crippen LogP contribution is 2.25. The quantitative estimate of drug-likeness (QED) is 0.406. The minimum Gasteiger partial charge on any atom is -0.457 e. The van der Waals surface area contributed by atoms with Crippen LogP contribution in [0.5, 0.6) is 0 Å². The second-order valence-electron chi connectivity index (χ2n) is 5.07. The third-order valence-corrected chi connectivity index (χ3v) is 4.42. The van der Waals surface area contributed by atoms with Gasteiger partial charge in [0.05, 0.1) is 4.90 Å². The zero-order valence-corrected chi connectivity index (χ0v) is 14.1. The third kappa shape index (κ3) is 3.65. The Hall–Kier alpha value is -2.82. The standard InChI is InChI=1S/C15H11N3O5S2/c16-25(21,22)10-3-1-2-8(6-10)12-5-4-9(23-12)7-11-13(19)17-15(24)18-14(11)20/h1-7H,(H2,16,21,22)(H2,17,18,19,20,24). The predicted molar refractivity (Wildman–Crippen MR) is 92.4 cm³/mol. The molecule has 0 aliphatic carbocycles. The lowest BCUT2D eigenvalue weighted by atomic mass is 10.1. The van der Waals surface area contributed by atoms with E-state index in [9.17, 15) is 18.0 Å². The Morgan fingerprint density at radius 3 is 2.40 bits per heavy atom. The molecule has 10 heteroatoms. The minimum atomic E-state index is -3.84. The van der Waals surface area contributed by atoms with E-state index in [1.807, 2.05) is 0 Å². The number of sulfonamides is 1. The van der Waals surface area contributed by atoms with Gasteiger partial charge >= 0.3 is 0 Å². The summed E-state index contributed by atoms with van der Waals surface area (Å²) in [5.74, 6) is -0.681. The van der Waals surface area contributed by atoms with Crippen LogP contribution >= 0.6 is 12.2 Å². The van der Waals surface area contributed by atoms with Gasteiger partial charge in [0, 0.05) is 5.56 Å². The maximum atomic E-state index is 11.8. The highest BCUT2D eigenvalue weighted by atomic mass is 32.2. The van der Waals surface area contributed by atoms with Crippen LogP contribution in [-0.4, -0.2) is 25.3 Å². The smallest absolute Gasteiger partial charge is 0.263 e. The van der Waals surface area contributed by atoms with Crippen molar-refractivity contribution in [2.24, 2.45) is 5.14 Å². The number of benzene rings is 1. The second-order valence-corrected chi connectivity index (χ2v) is 7.04. The van der Waals surface area contributed by atoms with Crippen LogP contribution < -0.4 is 15.8 Å². The fourth-order valence-corrected chi connectivity index (χ4v) is 2.91. The molecule has 1 fully saturated rings. The van der Waals surface area contributed by atoms with Gasteiger partial charge in [0.1, 0.15) is 17.1 Å². The summed E-state index contributed by atoms with van der Waals surface area (Å²) in [6.45, 7) is 0. The monoisotopic (exact) mass is 377 g/mol. The van der Waals surface area contributed by atoms with Crippen molar-refractivity contribution in [3.8, 4) is 11.3 Å². The largest absolute Gasteiger partial charge is 0.457 e. The number of hydrogen-bond donors (Lipinski definition) is 3. The first-order valence-corrected chi connectivity index (χ1v) is 8.81. The van der Waals surface area contributed by atoms with Gasteiger partial charge in [-0.05, 0) is 42.6 Å². The molecule has 25 heavy (non-hydrogen) atoms. The highest BCUT2D eigenvalue weighted by Gasteiger charge is 2.26. The number of furan rings is 1. The van der Waals surface area contributed by atoms with E-state index in [-0.39, 0.29) is 21.3 Å². The van der Waals surface area contributed by atoms with E-state index in [2.05, 4.69) is 10.6 Å². The molecular formula is C15H11N3O5S2. The van der Waals surface area contributed by atoms with Crippen LogP contribution in [0.2, 0.25) is 0 Å². The number of carbonyl (C=O) groups is 2. The highest BCUT2D eigenvalue weighted by molar-refractivity contribution is 7.89. The maximum Gasteiger partial charge on any atom is 0.263 e. The molecule has 1 aromatic carbocycles. The first-order chi connectivity index (χ1) is 11.7. The molecule has 2 heterocycles. The number of primary sulfonamides is 1. The van der Waals surface area contributed by atoms with E-state index < -0.39 is 21.8 Å². The van der Waals surface area contributed by atoms with Gasteiger partial charge in [-0.2, -0.15) is 0 Å². The molecule has 0 spiro atoms. The van der Waals surface area contributed by atoms with Crippen molar-refractivity contribution in [2.45, 2.75) is 4.90 Å².